The quantitative estimate of drug-likeness (QED) is 0.640. The van der Waals surface area contributed by atoms with E-state index in [1.165, 1.54) is 4.68 Å². The highest BCUT2D eigenvalue weighted by Gasteiger charge is 2.28. The molecule has 1 saturated carbocycles. The van der Waals surface area contributed by atoms with Crippen molar-refractivity contribution in [3.8, 4) is 23.0 Å². The SMILES string of the molecule is CNC1CCCN(C(=O)c2cc(-c3ccc(C#N)cc3)n(-c3ccc(C4CC4)cc3F)n2)C1. The number of rotatable bonds is 5. The minimum atomic E-state index is -0.357. The van der Waals surface area contributed by atoms with Gasteiger partial charge in [0.2, 0.25) is 0 Å². The molecule has 0 radical (unpaired) electrons. The number of amides is 1. The molecule has 7 heteroatoms. The molecule has 1 N–H and O–H groups in total. The van der Waals surface area contributed by atoms with Crippen LogP contribution in [0.1, 0.15) is 53.2 Å². The number of likely N-dealkylation sites (N-methyl/N-ethyl adjacent to an activating group) is 1. The average molecular weight is 444 g/mol. The van der Waals surface area contributed by atoms with E-state index in [9.17, 15) is 4.79 Å². The van der Waals surface area contributed by atoms with Crippen LogP contribution < -0.4 is 5.32 Å². The van der Waals surface area contributed by atoms with Gasteiger partial charge in [-0.05, 0) is 74.5 Å². The van der Waals surface area contributed by atoms with Crippen molar-refractivity contribution in [1.82, 2.24) is 20.0 Å². The molecule has 1 saturated heterocycles. The Hall–Kier alpha value is -3.50. The van der Waals surface area contributed by atoms with E-state index in [-0.39, 0.29) is 23.5 Å². The van der Waals surface area contributed by atoms with Crippen LogP contribution in [0.5, 0.6) is 0 Å². The van der Waals surface area contributed by atoms with Crippen LogP contribution in [-0.4, -0.2) is 46.8 Å². The summed E-state index contributed by atoms with van der Waals surface area (Å²) < 4.78 is 16.7. The van der Waals surface area contributed by atoms with Crippen LogP contribution in [0.15, 0.2) is 48.5 Å². The standard InChI is InChI=1S/C26H26FN5O/c1-29-21-3-2-12-31(16-21)26(33)23-14-25(19-6-4-17(15-28)5-7-19)32(30-23)24-11-10-20(13-22(24)27)18-8-9-18/h4-7,10-11,13-14,18,21,29H,2-3,8-9,12,16H2,1H3. The summed E-state index contributed by atoms with van der Waals surface area (Å²) in [6.07, 6.45) is 4.15. The Balaban J connectivity index is 1.55. The number of nitriles is 1. The minimum Gasteiger partial charge on any atom is -0.336 e. The van der Waals surface area contributed by atoms with Gasteiger partial charge in [-0.2, -0.15) is 10.4 Å². The van der Waals surface area contributed by atoms with Gasteiger partial charge in [0.15, 0.2) is 5.69 Å². The van der Waals surface area contributed by atoms with E-state index in [0.717, 1.165) is 36.8 Å². The second-order valence-corrected chi connectivity index (χ2v) is 8.88. The molecule has 1 amide bonds. The van der Waals surface area contributed by atoms with Crippen molar-refractivity contribution < 1.29 is 9.18 Å². The van der Waals surface area contributed by atoms with Gasteiger partial charge in [0.05, 0.1) is 17.3 Å². The van der Waals surface area contributed by atoms with E-state index in [0.29, 0.717) is 36.0 Å². The van der Waals surface area contributed by atoms with Gasteiger partial charge in [0.25, 0.3) is 5.91 Å². The summed E-state index contributed by atoms with van der Waals surface area (Å²) in [5.74, 6) is -0.0660. The molecule has 0 spiro atoms. The van der Waals surface area contributed by atoms with Crippen molar-refractivity contribution in [3.63, 3.8) is 0 Å². The maximum Gasteiger partial charge on any atom is 0.274 e. The summed E-state index contributed by atoms with van der Waals surface area (Å²) in [6.45, 7) is 1.30. The van der Waals surface area contributed by atoms with Crippen molar-refractivity contribution in [2.24, 2.45) is 0 Å². The fraction of sp³-hybridized carbons (Fsp3) is 0.346. The van der Waals surface area contributed by atoms with Crippen LogP contribution in [0.2, 0.25) is 0 Å². The first-order valence-electron chi connectivity index (χ1n) is 11.4. The van der Waals surface area contributed by atoms with E-state index in [4.69, 9.17) is 5.26 Å². The van der Waals surface area contributed by atoms with Crippen molar-refractivity contribution in [1.29, 1.82) is 5.26 Å². The molecule has 168 valence electrons. The molecule has 2 fully saturated rings. The molecular weight excluding hydrogens is 417 g/mol. The zero-order chi connectivity index (χ0) is 22.9. The largest absolute Gasteiger partial charge is 0.336 e. The summed E-state index contributed by atoms with van der Waals surface area (Å²) in [6, 6.07) is 16.4. The van der Waals surface area contributed by atoms with Gasteiger partial charge >= 0.3 is 0 Å². The van der Waals surface area contributed by atoms with E-state index in [2.05, 4.69) is 16.5 Å². The number of carbonyl (C=O) groups is 1. The van der Waals surface area contributed by atoms with Crippen LogP contribution in [0.3, 0.4) is 0 Å². The molecule has 1 atom stereocenters. The summed E-state index contributed by atoms with van der Waals surface area (Å²) >= 11 is 0. The molecule has 1 aromatic heterocycles. The molecule has 2 aromatic carbocycles. The second-order valence-electron chi connectivity index (χ2n) is 8.88. The Bertz CT molecular complexity index is 1220. The highest BCUT2D eigenvalue weighted by molar-refractivity contribution is 5.93. The number of halogens is 1. The number of piperidine rings is 1. The first-order chi connectivity index (χ1) is 16.1. The van der Waals surface area contributed by atoms with E-state index >= 15 is 4.39 Å². The summed E-state index contributed by atoms with van der Waals surface area (Å²) in [5, 5.41) is 17.0. The number of benzene rings is 2. The molecule has 2 heterocycles. The van der Waals surface area contributed by atoms with Crippen LogP contribution in [0.4, 0.5) is 4.39 Å². The predicted molar refractivity (Wildman–Crippen MR) is 124 cm³/mol. The van der Waals surface area contributed by atoms with Crippen LogP contribution in [0, 0.1) is 17.1 Å². The number of likely N-dealkylation sites (tertiary alicyclic amines) is 1. The zero-order valence-electron chi connectivity index (χ0n) is 18.6. The van der Waals surface area contributed by atoms with E-state index in [1.54, 1.807) is 42.5 Å². The summed E-state index contributed by atoms with van der Waals surface area (Å²) in [4.78, 5) is 15.1. The highest BCUT2D eigenvalue weighted by Crippen LogP contribution is 2.41. The number of hydrogen-bond acceptors (Lipinski definition) is 4. The third-order valence-corrected chi connectivity index (χ3v) is 6.60. The molecule has 6 nitrogen and oxygen atoms in total. The second kappa shape index (κ2) is 8.80. The monoisotopic (exact) mass is 443 g/mol. The topological polar surface area (TPSA) is 74.0 Å². The molecule has 33 heavy (non-hydrogen) atoms. The fourth-order valence-electron chi connectivity index (χ4n) is 4.52. The molecule has 2 aliphatic rings. The van der Waals surface area contributed by atoms with Gasteiger partial charge in [0.1, 0.15) is 11.5 Å². The van der Waals surface area contributed by atoms with Crippen molar-refractivity contribution in [3.05, 3.63) is 71.2 Å². The first kappa shape index (κ1) is 21.4. The molecule has 0 bridgehead atoms. The van der Waals surface area contributed by atoms with Crippen molar-refractivity contribution >= 4 is 5.91 Å². The lowest BCUT2D eigenvalue weighted by Gasteiger charge is -2.32. The van der Waals surface area contributed by atoms with Gasteiger partial charge < -0.3 is 10.2 Å². The number of aromatic nitrogens is 2. The Morgan fingerprint density at radius 3 is 2.61 bits per heavy atom. The maximum atomic E-state index is 15.2. The van der Waals surface area contributed by atoms with Crippen LogP contribution in [-0.2, 0) is 0 Å². The lowest BCUT2D eigenvalue weighted by Crippen LogP contribution is -2.47. The third kappa shape index (κ3) is 4.27. The Labute approximate surface area is 192 Å². The number of nitrogens with one attached hydrogen (secondary N) is 1. The molecule has 3 aromatic rings. The third-order valence-electron chi connectivity index (χ3n) is 6.60. The predicted octanol–water partition coefficient (Wildman–Crippen LogP) is 4.25. The Morgan fingerprint density at radius 1 is 1.15 bits per heavy atom. The van der Waals surface area contributed by atoms with Crippen LogP contribution >= 0.6 is 0 Å². The lowest BCUT2D eigenvalue weighted by atomic mass is 10.1. The molecule has 1 unspecified atom stereocenters. The minimum absolute atomic E-state index is 0.154. The maximum absolute atomic E-state index is 15.2. The molecular formula is C26H26FN5O. The lowest BCUT2D eigenvalue weighted by molar-refractivity contribution is 0.0691. The molecule has 1 aliphatic heterocycles. The average Bonchev–Trinajstić information content (AvgIpc) is 3.62. The van der Waals surface area contributed by atoms with Crippen molar-refractivity contribution in [2.75, 3.05) is 20.1 Å². The van der Waals surface area contributed by atoms with Gasteiger partial charge in [-0.3, -0.25) is 4.79 Å². The van der Waals surface area contributed by atoms with Gasteiger partial charge in [-0.25, -0.2) is 9.07 Å². The van der Waals surface area contributed by atoms with Gasteiger partial charge in [-0.1, -0.05) is 18.2 Å². The summed E-state index contributed by atoms with van der Waals surface area (Å²) in [5.41, 5.74) is 3.51. The van der Waals surface area contributed by atoms with E-state index < -0.39 is 0 Å². The van der Waals surface area contributed by atoms with Gasteiger partial charge in [0, 0.05) is 24.7 Å². The van der Waals surface area contributed by atoms with Crippen molar-refractivity contribution in [2.45, 2.75) is 37.6 Å². The number of nitrogens with zero attached hydrogens (tertiary/aromatic N) is 4. The van der Waals surface area contributed by atoms with Gasteiger partial charge in [-0.15, -0.1) is 0 Å². The van der Waals surface area contributed by atoms with E-state index in [1.807, 2.05) is 18.0 Å². The zero-order valence-corrected chi connectivity index (χ0v) is 18.6. The summed E-state index contributed by atoms with van der Waals surface area (Å²) in [7, 11) is 1.91. The number of carbonyl (C=O) groups excluding carboxylic acids is 1. The van der Waals surface area contributed by atoms with Crippen LogP contribution in [0.25, 0.3) is 16.9 Å². The number of hydrogen-bond donors (Lipinski definition) is 1. The smallest absolute Gasteiger partial charge is 0.274 e. The fourth-order valence-corrected chi connectivity index (χ4v) is 4.52. The Kier molecular flexibility index (Phi) is 5.69. The normalized spacial score (nSPS) is 18.2. The molecule has 5 rings (SSSR count). The highest BCUT2D eigenvalue weighted by atomic mass is 19.1. The Morgan fingerprint density at radius 2 is 1.94 bits per heavy atom. The first-order valence-corrected chi connectivity index (χ1v) is 11.4. The molecule has 1 aliphatic carbocycles.